The number of amides is 1. The van der Waals surface area contributed by atoms with Crippen LogP contribution in [0.5, 0.6) is 0 Å². The van der Waals surface area contributed by atoms with E-state index in [0.29, 0.717) is 23.4 Å². The molecular weight excluding hydrogens is 458 g/mol. The van der Waals surface area contributed by atoms with Gasteiger partial charge in [0.1, 0.15) is 5.00 Å². The first-order valence-corrected chi connectivity index (χ1v) is 12.8. The maximum atomic E-state index is 13.5. The molecule has 1 aliphatic carbocycles. The highest BCUT2D eigenvalue weighted by Crippen LogP contribution is 2.39. The average Bonchev–Trinajstić information content (AvgIpc) is 3.04. The number of fused-ring (bicyclic) bond motifs is 1. The topological polar surface area (TPSA) is 71.0 Å². The number of thiophene rings is 1. The van der Waals surface area contributed by atoms with Gasteiger partial charge < -0.3 is 15.0 Å². The molecule has 0 atom stereocenters. The van der Waals surface area contributed by atoms with Crippen molar-refractivity contribution in [1.29, 1.82) is 0 Å². The molecule has 1 aliphatic rings. The number of rotatable bonds is 7. The maximum Gasteiger partial charge on any atom is 0.338 e. The van der Waals surface area contributed by atoms with Gasteiger partial charge in [-0.3, -0.25) is 4.79 Å². The number of anilines is 2. The maximum absolute atomic E-state index is 13.5. The standard InChI is InChI=1S/C28H31N3O3S/c1-4-34-28(33)20-12-14-21(15-13-20)30-26(32)25-23-8-6-5-7-9-24(23)35-27(25)29-18-19-10-16-22(17-11-19)31(2)3/h10-18H,4-9H2,1-3H3,(H,30,32)/b29-18-. The fourth-order valence-electron chi connectivity index (χ4n) is 4.14. The summed E-state index contributed by atoms with van der Waals surface area (Å²) in [7, 11) is 4.02. The molecule has 3 aromatic rings. The molecule has 1 amide bonds. The number of esters is 1. The number of carbonyl (C=O) groups excluding carboxylic acids is 2. The van der Waals surface area contributed by atoms with Crippen LogP contribution in [0.2, 0.25) is 0 Å². The first-order valence-electron chi connectivity index (χ1n) is 12.0. The van der Waals surface area contributed by atoms with Gasteiger partial charge >= 0.3 is 5.97 Å². The van der Waals surface area contributed by atoms with Gasteiger partial charge in [0.25, 0.3) is 5.91 Å². The van der Waals surface area contributed by atoms with Crippen LogP contribution < -0.4 is 10.2 Å². The zero-order chi connectivity index (χ0) is 24.8. The third-order valence-corrected chi connectivity index (χ3v) is 7.22. The summed E-state index contributed by atoms with van der Waals surface area (Å²) in [4.78, 5) is 33.5. The lowest BCUT2D eigenvalue weighted by Crippen LogP contribution is -2.14. The summed E-state index contributed by atoms with van der Waals surface area (Å²) < 4.78 is 5.04. The molecule has 182 valence electrons. The van der Waals surface area contributed by atoms with E-state index in [4.69, 9.17) is 9.73 Å². The van der Waals surface area contributed by atoms with Crippen LogP contribution in [0.4, 0.5) is 16.4 Å². The molecule has 0 saturated carbocycles. The molecule has 6 nitrogen and oxygen atoms in total. The van der Waals surface area contributed by atoms with Gasteiger partial charge in [0.2, 0.25) is 0 Å². The monoisotopic (exact) mass is 489 g/mol. The van der Waals surface area contributed by atoms with E-state index in [1.54, 1.807) is 42.5 Å². The summed E-state index contributed by atoms with van der Waals surface area (Å²) in [5, 5.41) is 3.75. The van der Waals surface area contributed by atoms with Gasteiger partial charge in [0.05, 0.1) is 17.7 Å². The molecule has 0 fully saturated rings. The summed E-state index contributed by atoms with van der Waals surface area (Å²) >= 11 is 1.63. The van der Waals surface area contributed by atoms with Gasteiger partial charge in [0.15, 0.2) is 0 Å². The molecule has 0 aliphatic heterocycles. The molecule has 0 spiro atoms. The quantitative estimate of drug-likeness (QED) is 0.241. The second-order valence-corrected chi connectivity index (χ2v) is 9.82. The minimum absolute atomic E-state index is 0.164. The Morgan fingerprint density at radius 3 is 2.43 bits per heavy atom. The first kappa shape index (κ1) is 24.7. The van der Waals surface area contributed by atoms with Gasteiger partial charge in [-0.25, -0.2) is 9.79 Å². The lowest BCUT2D eigenvalue weighted by Gasteiger charge is -2.11. The van der Waals surface area contributed by atoms with Crippen molar-refractivity contribution < 1.29 is 14.3 Å². The van der Waals surface area contributed by atoms with E-state index in [1.165, 1.54) is 11.3 Å². The molecular formula is C28H31N3O3S. The predicted octanol–water partition coefficient (Wildman–Crippen LogP) is 6.26. The van der Waals surface area contributed by atoms with Gasteiger partial charge in [-0.1, -0.05) is 18.6 Å². The van der Waals surface area contributed by atoms with E-state index in [0.717, 1.165) is 47.5 Å². The molecule has 2 aromatic carbocycles. The van der Waals surface area contributed by atoms with Crippen molar-refractivity contribution in [3.8, 4) is 0 Å². The summed E-state index contributed by atoms with van der Waals surface area (Å²) in [5.74, 6) is -0.535. The summed E-state index contributed by atoms with van der Waals surface area (Å²) in [6.45, 7) is 2.10. The van der Waals surface area contributed by atoms with Crippen molar-refractivity contribution in [3.05, 3.63) is 75.7 Å². The van der Waals surface area contributed by atoms with E-state index in [9.17, 15) is 9.59 Å². The molecule has 35 heavy (non-hydrogen) atoms. The Balaban J connectivity index is 1.59. The number of carbonyl (C=O) groups is 2. The molecule has 0 bridgehead atoms. The molecule has 7 heteroatoms. The van der Waals surface area contributed by atoms with Crippen molar-refractivity contribution in [1.82, 2.24) is 0 Å². The highest BCUT2D eigenvalue weighted by Gasteiger charge is 2.24. The predicted molar refractivity (Wildman–Crippen MR) is 144 cm³/mol. The van der Waals surface area contributed by atoms with Crippen LogP contribution in [-0.2, 0) is 17.6 Å². The Morgan fingerprint density at radius 1 is 1.03 bits per heavy atom. The van der Waals surface area contributed by atoms with Gasteiger partial charge in [-0.2, -0.15) is 0 Å². The molecule has 1 N–H and O–H groups in total. The Bertz CT molecular complexity index is 1210. The van der Waals surface area contributed by atoms with Gasteiger partial charge in [0, 0.05) is 36.6 Å². The molecule has 4 rings (SSSR count). The molecule has 1 heterocycles. The van der Waals surface area contributed by atoms with Crippen LogP contribution in [-0.4, -0.2) is 38.8 Å². The first-order chi connectivity index (χ1) is 17.0. The number of ether oxygens (including phenoxy) is 1. The van der Waals surface area contributed by atoms with E-state index >= 15 is 0 Å². The largest absolute Gasteiger partial charge is 0.462 e. The minimum Gasteiger partial charge on any atom is -0.462 e. The number of aliphatic imine (C=N–C) groups is 1. The zero-order valence-electron chi connectivity index (χ0n) is 20.5. The van der Waals surface area contributed by atoms with Gasteiger partial charge in [-0.15, -0.1) is 11.3 Å². The third-order valence-electron chi connectivity index (χ3n) is 6.02. The Kier molecular flexibility index (Phi) is 7.98. The second kappa shape index (κ2) is 11.3. The van der Waals surface area contributed by atoms with E-state index in [1.807, 2.05) is 32.4 Å². The SMILES string of the molecule is CCOC(=O)c1ccc(NC(=O)c2c(/N=C\c3ccc(N(C)C)cc3)sc3c2CCCCC3)cc1. The van der Waals surface area contributed by atoms with Crippen LogP contribution in [0.25, 0.3) is 0 Å². The highest BCUT2D eigenvalue weighted by molar-refractivity contribution is 7.16. The normalized spacial score (nSPS) is 13.2. The number of hydrogen-bond acceptors (Lipinski definition) is 6. The smallest absolute Gasteiger partial charge is 0.338 e. The van der Waals surface area contributed by atoms with E-state index in [-0.39, 0.29) is 11.9 Å². The number of benzene rings is 2. The molecule has 0 unspecified atom stereocenters. The number of aryl methyl sites for hydroxylation is 1. The lowest BCUT2D eigenvalue weighted by atomic mass is 10.0. The average molecular weight is 490 g/mol. The Labute approximate surface area is 210 Å². The van der Waals surface area contributed by atoms with Crippen LogP contribution in [0.3, 0.4) is 0 Å². The molecule has 1 aromatic heterocycles. The molecule has 0 saturated heterocycles. The van der Waals surface area contributed by atoms with Crippen molar-refractivity contribution in [2.24, 2.45) is 4.99 Å². The van der Waals surface area contributed by atoms with Crippen molar-refractivity contribution in [2.75, 3.05) is 30.9 Å². The Hall–Kier alpha value is -3.45. The van der Waals surface area contributed by atoms with Crippen LogP contribution in [0.15, 0.2) is 53.5 Å². The number of hydrogen-bond donors (Lipinski definition) is 1. The highest BCUT2D eigenvalue weighted by atomic mass is 32.1. The van der Waals surface area contributed by atoms with E-state index < -0.39 is 0 Å². The van der Waals surface area contributed by atoms with Gasteiger partial charge in [-0.05, 0) is 80.1 Å². The van der Waals surface area contributed by atoms with Crippen LogP contribution >= 0.6 is 11.3 Å². The van der Waals surface area contributed by atoms with Crippen LogP contribution in [0.1, 0.15) is 62.9 Å². The zero-order valence-corrected chi connectivity index (χ0v) is 21.3. The Morgan fingerprint density at radius 2 is 1.74 bits per heavy atom. The number of nitrogens with zero attached hydrogens (tertiary/aromatic N) is 2. The van der Waals surface area contributed by atoms with E-state index in [2.05, 4.69) is 22.3 Å². The molecule has 0 radical (unpaired) electrons. The van der Waals surface area contributed by atoms with Crippen molar-refractivity contribution in [3.63, 3.8) is 0 Å². The third kappa shape index (κ3) is 5.98. The van der Waals surface area contributed by atoms with Crippen molar-refractivity contribution in [2.45, 2.75) is 39.0 Å². The van der Waals surface area contributed by atoms with Crippen LogP contribution in [0, 0.1) is 0 Å². The van der Waals surface area contributed by atoms with Crippen molar-refractivity contribution >= 4 is 45.8 Å². The lowest BCUT2D eigenvalue weighted by molar-refractivity contribution is 0.0526. The fraction of sp³-hybridized carbons (Fsp3) is 0.321. The summed E-state index contributed by atoms with van der Waals surface area (Å²) in [5.41, 5.74) is 5.00. The minimum atomic E-state index is -0.372. The second-order valence-electron chi connectivity index (χ2n) is 8.74. The summed E-state index contributed by atoms with van der Waals surface area (Å²) in [6.07, 6.45) is 7.10. The summed E-state index contributed by atoms with van der Waals surface area (Å²) in [6, 6.07) is 15.0. The fourth-order valence-corrected chi connectivity index (χ4v) is 5.37. The number of nitrogens with one attached hydrogen (secondary N) is 1.